The van der Waals surface area contributed by atoms with Crippen LogP contribution in [0.25, 0.3) is 21.5 Å². The molecule has 1 nitrogen and oxygen atoms in total. The number of anilines is 2. The lowest BCUT2D eigenvalue weighted by molar-refractivity contribution is 0.763. The van der Waals surface area contributed by atoms with Gasteiger partial charge in [0.2, 0.25) is 0 Å². The van der Waals surface area contributed by atoms with E-state index in [0.717, 1.165) is 12.8 Å². The Kier molecular flexibility index (Phi) is 4.96. The molecule has 0 radical (unpaired) electrons. The van der Waals surface area contributed by atoms with Crippen LogP contribution in [-0.2, 0) is 6.42 Å². The van der Waals surface area contributed by atoms with Crippen molar-refractivity contribution in [1.82, 2.24) is 0 Å². The molecule has 0 aromatic heterocycles. The Balaban J connectivity index is 1.54. The lowest BCUT2D eigenvalue weighted by Gasteiger charge is -2.32. The highest BCUT2D eigenvalue weighted by atomic mass is 15.1. The Hall–Kier alpha value is -3.84. The van der Waals surface area contributed by atoms with Crippen molar-refractivity contribution in [1.29, 1.82) is 0 Å². The third-order valence-corrected chi connectivity index (χ3v) is 6.90. The highest BCUT2D eigenvalue weighted by Gasteiger charge is 2.23. The smallest absolute Gasteiger partial charge is 0.0496 e. The Morgan fingerprint density at radius 2 is 1.55 bits per heavy atom. The summed E-state index contributed by atoms with van der Waals surface area (Å²) < 4.78 is 0. The van der Waals surface area contributed by atoms with Gasteiger partial charge in [-0.2, -0.15) is 0 Å². The summed E-state index contributed by atoms with van der Waals surface area (Å²) in [7, 11) is 0. The minimum Gasteiger partial charge on any atom is -0.310 e. The summed E-state index contributed by atoms with van der Waals surface area (Å²) in [5.41, 5.74) is 6.39. The highest BCUT2D eigenvalue weighted by molar-refractivity contribution is 6.08. The molecule has 0 spiro atoms. The summed E-state index contributed by atoms with van der Waals surface area (Å²) in [5.74, 6) is 0.443. The first-order chi connectivity index (χ1) is 16.3. The van der Waals surface area contributed by atoms with Gasteiger partial charge in [0.1, 0.15) is 0 Å². The fraction of sp³-hybridized carbons (Fsp3) is 0.125. The maximum Gasteiger partial charge on any atom is 0.0496 e. The summed E-state index contributed by atoms with van der Waals surface area (Å²) in [5, 5.41) is 5.22. The average molecular weight is 426 g/mol. The van der Waals surface area contributed by atoms with Crippen LogP contribution in [0.15, 0.2) is 127 Å². The number of fused-ring (bicyclic) bond motifs is 4. The molecule has 33 heavy (non-hydrogen) atoms. The van der Waals surface area contributed by atoms with Crippen LogP contribution in [0.5, 0.6) is 0 Å². The van der Waals surface area contributed by atoms with Gasteiger partial charge in [-0.25, -0.2) is 0 Å². The van der Waals surface area contributed by atoms with E-state index >= 15 is 0 Å². The Bertz CT molecular complexity index is 1470. The van der Waals surface area contributed by atoms with E-state index in [9.17, 15) is 0 Å². The molecule has 160 valence electrons. The largest absolute Gasteiger partial charge is 0.310 e. The normalized spacial score (nSPS) is 17.1. The highest BCUT2D eigenvalue weighted by Crippen LogP contribution is 2.40. The molecule has 0 bridgehead atoms. The van der Waals surface area contributed by atoms with E-state index in [1.165, 1.54) is 49.8 Å². The van der Waals surface area contributed by atoms with E-state index in [-0.39, 0.29) is 0 Å². The van der Waals surface area contributed by atoms with Gasteiger partial charge in [0.05, 0.1) is 0 Å². The van der Waals surface area contributed by atoms with Crippen LogP contribution in [0.4, 0.5) is 11.4 Å². The van der Waals surface area contributed by atoms with Crippen molar-refractivity contribution < 1.29 is 0 Å². The van der Waals surface area contributed by atoms with Crippen LogP contribution in [0.1, 0.15) is 18.9 Å². The number of hydrogen-bond acceptors (Lipinski definition) is 1. The molecule has 2 aliphatic carbocycles. The van der Waals surface area contributed by atoms with Crippen LogP contribution < -0.4 is 4.90 Å². The molecule has 4 aromatic rings. The zero-order chi connectivity index (χ0) is 22.2. The molecule has 0 aliphatic heterocycles. The maximum absolute atomic E-state index is 2.41. The Labute approximate surface area is 195 Å². The van der Waals surface area contributed by atoms with Crippen molar-refractivity contribution in [2.75, 3.05) is 4.90 Å². The minimum atomic E-state index is 0.443. The number of benzene rings is 4. The van der Waals surface area contributed by atoms with Gasteiger partial charge in [-0.15, -0.1) is 0 Å². The minimum absolute atomic E-state index is 0.443. The summed E-state index contributed by atoms with van der Waals surface area (Å²) >= 11 is 0. The van der Waals surface area contributed by atoms with Crippen molar-refractivity contribution in [2.45, 2.75) is 19.8 Å². The number of aryl methyl sites for hydroxylation is 1. The Morgan fingerprint density at radius 1 is 0.758 bits per heavy atom. The molecule has 0 heterocycles. The van der Waals surface area contributed by atoms with E-state index in [1.807, 2.05) is 0 Å². The second kappa shape index (κ2) is 8.26. The summed E-state index contributed by atoms with van der Waals surface area (Å²) in [4.78, 5) is 2.41. The lowest BCUT2D eigenvalue weighted by Crippen LogP contribution is -2.21. The third kappa shape index (κ3) is 3.50. The van der Waals surface area contributed by atoms with Gasteiger partial charge >= 0.3 is 0 Å². The number of para-hydroxylation sites is 1. The first-order valence-electron chi connectivity index (χ1n) is 11.9. The quantitative estimate of drug-likeness (QED) is 0.296. The molecular weight excluding hydrogens is 398 g/mol. The first kappa shape index (κ1) is 19.8. The van der Waals surface area contributed by atoms with Crippen LogP contribution in [-0.4, -0.2) is 0 Å². The van der Waals surface area contributed by atoms with Gasteiger partial charge in [-0.1, -0.05) is 91.9 Å². The molecule has 4 aromatic carbocycles. The standard InChI is InChI=1S/C32H27N/c1-2-23-15-19-29-25(21-23)16-17-26-22-28(18-20-30(26)29)33(27-11-4-3-5-12-27)32-14-8-10-24-9-6-7-13-31(24)32/h3-9,11-22,24H,2,10H2,1H3. The molecule has 1 heteroatoms. The van der Waals surface area contributed by atoms with Gasteiger partial charge in [0.15, 0.2) is 0 Å². The van der Waals surface area contributed by atoms with Gasteiger partial charge in [-0.05, 0) is 75.9 Å². The van der Waals surface area contributed by atoms with E-state index in [0.29, 0.717) is 5.92 Å². The molecule has 0 saturated heterocycles. The molecule has 2 aliphatic rings. The lowest BCUT2D eigenvalue weighted by atomic mass is 9.86. The second-order valence-corrected chi connectivity index (χ2v) is 8.88. The molecular formula is C32H27N. The molecule has 0 saturated carbocycles. The predicted octanol–water partition coefficient (Wildman–Crippen LogP) is 8.65. The average Bonchev–Trinajstić information content (AvgIpc) is 2.89. The maximum atomic E-state index is 2.41. The molecule has 6 rings (SSSR count). The SMILES string of the molecule is CCc1ccc2c(ccc3cc(N(C4=C5C=CC=CC5CC=C4)c4ccccc4)ccc32)c1. The van der Waals surface area contributed by atoms with Crippen molar-refractivity contribution in [3.05, 3.63) is 132 Å². The number of nitrogens with zero attached hydrogens (tertiary/aromatic N) is 1. The van der Waals surface area contributed by atoms with Gasteiger partial charge in [0.25, 0.3) is 0 Å². The van der Waals surface area contributed by atoms with Crippen molar-refractivity contribution in [3.63, 3.8) is 0 Å². The Morgan fingerprint density at radius 3 is 2.36 bits per heavy atom. The molecule has 0 amide bonds. The molecule has 1 unspecified atom stereocenters. The van der Waals surface area contributed by atoms with Gasteiger partial charge in [0, 0.05) is 23.0 Å². The van der Waals surface area contributed by atoms with E-state index in [4.69, 9.17) is 0 Å². The van der Waals surface area contributed by atoms with E-state index < -0.39 is 0 Å². The zero-order valence-corrected chi connectivity index (χ0v) is 18.9. The summed E-state index contributed by atoms with van der Waals surface area (Å²) in [6.07, 6.45) is 15.6. The van der Waals surface area contributed by atoms with Gasteiger partial charge < -0.3 is 4.90 Å². The van der Waals surface area contributed by atoms with Crippen molar-refractivity contribution in [2.24, 2.45) is 5.92 Å². The second-order valence-electron chi connectivity index (χ2n) is 8.88. The van der Waals surface area contributed by atoms with E-state index in [2.05, 4.69) is 127 Å². The summed E-state index contributed by atoms with van der Waals surface area (Å²) in [6.45, 7) is 2.21. The van der Waals surface area contributed by atoms with E-state index in [1.54, 1.807) is 0 Å². The predicted molar refractivity (Wildman–Crippen MR) is 142 cm³/mol. The number of hydrogen-bond donors (Lipinski definition) is 0. The molecule has 1 atom stereocenters. The van der Waals surface area contributed by atoms with Crippen LogP contribution in [0, 0.1) is 5.92 Å². The monoisotopic (exact) mass is 425 g/mol. The van der Waals surface area contributed by atoms with Gasteiger partial charge in [-0.3, -0.25) is 0 Å². The third-order valence-electron chi connectivity index (χ3n) is 6.90. The number of rotatable bonds is 4. The topological polar surface area (TPSA) is 3.24 Å². The first-order valence-corrected chi connectivity index (χ1v) is 11.9. The van der Waals surface area contributed by atoms with Crippen molar-refractivity contribution >= 4 is 32.9 Å². The fourth-order valence-corrected chi connectivity index (χ4v) is 5.16. The fourth-order valence-electron chi connectivity index (χ4n) is 5.16. The van der Waals surface area contributed by atoms with Crippen LogP contribution in [0.2, 0.25) is 0 Å². The van der Waals surface area contributed by atoms with Crippen molar-refractivity contribution in [3.8, 4) is 0 Å². The van der Waals surface area contributed by atoms with Crippen LogP contribution >= 0.6 is 0 Å². The summed E-state index contributed by atoms with van der Waals surface area (Å²) in [6, 6.07) is 29.0. The van der Waals surface area contributed by atoms with Crippen LogP contribution in [0.3, 0.4) is 0 Å². The molecule has 0 fully saturated rings. The zero-order valence-electron chi connectivity index (χ0n) is 18.9. The molecule has 0 N–H and O–H groups in total. The number of allylic oxidation sites excluding steroid dienone is 7.